The van der Waals surface area contributed by atoms with Gasteiger partial charge in [-0.25, -0.2) is 4.68 Å². The summed E-state index contributed by atoms with van der Waals surface area (Å²) in [6, 6.07) is 15.9. The highest BCUT2D eigenvalue weighted by atomic mass is 16.2. The summed E-state index contributed by atoms with van der Waals surface area (Å²) >= 11 is 0. The summed E-state index contributed by atoms with van der Waals surface area (Å²) in [5.41, 5.74) is 5.54. The fourth-order valence-electron chi connectivity index (χ4n) is 5.39. The maximum Gasteiger partial charge on any atom is 0.238 e. The third-order valence-corrected chi connectivity index (χ3v) is 7.30. The number of aromatic amines is 1. The molecule has 1 saturated carbocycles. The van der Waals surface area contributed by atoms with E-state index in [4.69, 9.17) is 0 Å². The Kier molecular flexibility index (Phi) is 5.30. The number of hydrogen-bond acceptors (Lipinski definition) is 6. The maximum absolute atomic E-state index is 12.7. The lowest BCUT2D eigenvalue weighted by molar-refractivity contribution is -0.124. The molecule has 35 heavy (non-hydrogen) atoms. The quantitative estimate of drug-likeness (QED) is 0.401. The maximum atomic E-state index is 12.7. The minimum atomic E-state index is -0.562. The molecule has 2 aromatic heterocycles. The van der Waals surface area contributed by atoms with Crippen molar-refractivity contribution in [2.75, 3.05) is 0 Å². The summed E-state index contributed by atoms with van der Waals surface area (Å²) < 4.78 is 1.73. The molecule has 4 atom stereocenters. The molecule has 9 heteroatoms. The van der Waals surface area contributed by atoms with E-state index in [2.05, 4.69) is 43.3 Å². The van der Waals surface area contributed by atoms with E-state index in [1.165, 1.54) is 0 Å². The Labute approximate surface area is 202 Å². The molecule has 3 N–H and O–H groups in total. The molecule has 4 aromatic rings. The molecular weight excluding hydrogens is 440 g/mol. The number of rotatable bonds is 6. The number of hydrogen-bond donors (Lipinski definition) is 3. The van der Waals surface area contributed by atoms with Crippen LogP contribution in [0.4, 0.5) is 0 Å². The van der Waals surface area contributed by atoms with Crippen LogP contribution in [0.25, 0.3) is 27.8 Å². The lowest BCUT2D eigenvalue weighted by Crippen LogP contribution is -2.50. The Morgan fingerprint density at radius 1 is 1.26 bits per heavy atom. The van der Waals surface area contributed by atoms with Crippen molar-refractivity contribution in [3.63, 3.8) is 0 Å². The van der Waals surface area contributed by atoms with Crippen LogP contribution in [0.2, 0.25) is 0 Å². The fraction of sp³-hybridized carbons (Fsp3) is 0.346. The summed E-state index contributed by atoms with van der Waals surface area (Å²) in [6.07, 6.45) is 5.66. The van der Waals surface area contributed by atoms with E-state index < -0.39 is 6.04 Å². The topological polar surface area (TPSA) is 124 Å². The van der Waals surface area contributed by atoms with E-state index in [1.807, 2.05) is 49.5 Å². The first-order valence-corrected chi connectivity index (χ1v) is 12.0. The lowest BCUT2D eigenvalue weighted by Gasteiger charge is -2.23. The molecule has 0 radical (unpaired) electrons. The van der Waals surface area contributed by atoms with E-state index in [1.54, 1.807) is 4.68 Å². The SMILES string of the molecule is Cc1n[nH]c2ccc(-c3cn(-c4ccc(C[C@@H](C#N)NC(=O)C5NC6CCC5C6)cc4)nn3)cc12. The zero-order valence-electron chi connectivity index (χ0n) is 19.4. The Balaban J connectivity index is 1.12. The molecule has 2 bridgehead atoms. The molecule has 3 unspecified atom stereocenters. The number of amides is 1. The highest BCUT2D eigenvalue weighted by molar-refractivity contribution is 5.85. The average molecular weight is 467 g/mol. The van der Waals surface area contributed by atoms with Crippen LogP contribution in [0.1, 0.15) is 30.5 Å². The second-order valence-electron chi connectivity index (χ2n) is 9.59. The predicted octanol–water partition coefficient (Wildman–Crippen LogP) is 2.81. The minimum absolute atomic E-state index is 0.0562. The van der Waals surface area contributed by atoms with Crippen LogP contribution in [0.15, 0.2) is 48.7 Å². The van der Waals surface area contributed by atoms with Crippen LogP contribution >= 0.6 is 0 Å². The van der Waals surface area contributed by atoms with E-state index in [0.29, 0.717) is 18.4 Å². The first kappa shape index (κ1) is 21.5. The van der Waals surface area contributed by atoms with Crippen molar-refractivity contribution in [3.05, 3.63) is 59.9 Å². The first-order chi connectivity index (χ1) is 17.1. The normalized spacial score (nSPS) is 21.8. The summed E-state index contributed by atoms with van der Waals surface area (Å²) in [6.45, 7) is 1.97. The Morgan fingerprint density at radius 2 is 2.11 bits per heavy atom. The van der Waals surface area contributed by atoms with Gasteiger partial charge in [-0.2, -0.15) is 10.4 Å². The lowest BCUT2D eigenvalue weighted by atomic mass is 9.98. The van der Waals surface area contributed by atoms with Crippen molar-refractivity contribution in [2.45, 2.75) is 50.7 Å². The second-order valence-corrected chi connectivity index (χ2v) is 9.59. The van der Waals surface area contributed by atoms with Crippen LogP contribution < -0.4 is 10.6 Å². The van der Waals surface area contributed by atoms with E-state index in [-0.39, 0.29) is 11.9 Å². The van der Waals surface area contributed by atoms with Gasteiger partial charge in [-0.05, 0) is 61.9 Å². The van der Waals surface area contributed by atoms with Crippen molar-refractivity contribution in [2.24, 2.45) is 5.92 Å². The van der Waals surface area contributed by atoms with Gasteiger partial charge in [0.2, 0.25) is 5.91 Å². The van der Waals surface area contributed by atoms with Gasteiger partial charge in [0.1, 0.15) is 11.7 Å². The Morgan fingerprint density at radius 3 is 2.86 bits per heavy atom. The summed E-state index contributed by atoms with van der Waals surface area (Å²) in [5, 5.41) is 32.9. The van der Waals surface area contributed by atoms with Gasteiger partial charge in [-0.1, -0.05) is 23.4 Å². The molecule has 0 spiro atoms. The molecule has 6 rings (SSSR count). The number of nitrogens with one attached hydrogen (secondary N) is 3. The molecule has 2 aliphatic rings. The number of aryl methyl sites for hydroxylation is 1. The third kappa shape index (κ3) is 4.06. The van der Waals surface area contributed by atoms with Crippen LogP contribution in [0.3, 0.4) is 0 Å². The minimum Gasteiger partial charge on any atom is -0.339 e. The molecule has 9 nitrogen and oxygen atoms in total. The van der Waals surface area contributed by atoms with Gasteiger partial charge in [0.25, 0.3) is 0 Å². The Bertz CT molecular complexity index is 1430. The molecule has 1 aliphatic heterocycles. The highest BCUT2D eigenvalue weighted by Crippen LogP contribution is 2.35. The van der Waals surface area contributed by atoms with Crippen molar-refractivity contribution in [1.82, 2.24) is 35.8 Å². The van der Waals surface area contributed by atoms with Gasteiger partial charge in [-0.3, -0.25) is 9.89 Å². The molecule has 2 aromatic carbocycles. The van der Waals surface area contributed by atoms with Crippen molar-refractivity contribution < 1.29 is 4.79 Å². The number of carbonyl (C=O) groups excluding carboxylic acids is 1. The van der Waals surface area contributed by atoms with Crippen molar-refractivity contribution in [1.29, 1.82) is 5.26 Å². The van der Waals surface area contributed by atoms with Gasteiger partial charge >= 0.3 is 0 Å². The average Bonchev–Trinajstić information content (AvgIpc) is 3.69. The molecule has 1 aliphatic carbocycles. The molecule has 1 saturated heterocycles. The fourth-order valence-corrected chi connectivity index (χ4v) is 5.39. The third-order valence-electron chi connectivity index (χ3n) is 7.30. The summed E-state index contributed by atoms with van der Waals surface area (Å²) in [7, 11) is 0. The van der Waals surface area contributed by atoms with Crippen LogP contribution in [0.5, 0.6) is 0 Å². The van der Waals surface area contributed by atoms with Gasteiger partial charge in [0, 0.05) is 23.4 Å². The molecule has 2 fully saturated rings. The van der Waals surface area contributed by atoms with Gasteiger partial charge < -0.3 is 10.6 Å². The molecule has 3 heterocycles. The smallest absolute Gasteiger partial charge is 0.238 e. The zero-order chi connectivity index (χ0) is 23.9. The first-order valence-electron chi connectivity index (χ1n) is 12.0. The monoisotopic (exact) mass is 466 g/mol. The number of benzene rings is 2. The number of H-pyrrole nitrogens is 1. The molecule has 176 valence electrons. The number of nitrogens with zero attached hydrogens (tertiary/aromatic N) is 5. The number of piperidine rings is 1. The molecular formula is C26H26N8O. The van der Waals surface area contributed by atoms with Crippen LogP contribution in [0, 0.1) is 24.2 Å². The number of carbonyl (C=O) groups is 1. The largest absolute Gasteiger partial charge is 0.339 e. The van der Waals surface area contributed by atoms with E-state index >= 15 is 0 Å². The highest BCUT2D eigenvalue weighted by Gasteiger charge is 2.43. The number of nitriles is 1. The van der Waals surface area contributed by atoms with Gasteiger partial charge in [0.15, 0.2) is 0 Å². The standard InChI is InChI=1S/C26H26N8O/c1-15-22-12-17(5-9-23(22)31-30-15)24-14-34(33-32-24)21-7-2-16(3-8-21)10-20(13-27)29-26(35)25-18-4-6-19(11-18)28-25/h2-3,5,7-9,12,14,18-20,25,28H,4,6,10-11H2,1H3,(H,29,35)(H,30,31)/t18?,19?,20-,25?/m0/s1. The predicted molar refractivity (Wildman–Crippen MR) is 130 cm³/mol. The second kappa shape index (κ2) is 8.64. The van der Waals surface area contributed by atoms with Gasteiger partial charge in [-0.15, -0.1) is 5.10 Å². The van der Waals surface area contributed by atoms with E-state index in [0.717, 1.165) is 58.4 Å². The molecule has 1 amide bonds. The number of fused-ring (bicyclic) bond motifs is 3. The zero-order valence-corrected chi connectivity index (χ0v) is 19.4. The van der Waals surface area contributed by atoms with E-state index in [9.17, 15) is 10.1 Å². The van der Waals surface area contributed by atoms with Crippen molar-refractivity contribution >= 4 is 16.8 Å². The van der Waals surface area contributed by atoms with Crippen LogP contribution in [-0.4, -0.2) is 49.2 Å². The van der Waals surface area contributed by atoms with Gasteiger partial charge in [0.05, 0.1) is 35.2 Å². The summed E-state index contributed by atoms with van der Waals surface area (Å²) in [5.74, 6) is 0.344. The Hall–Kier alpha value is -4.03. The number of aromatic nitrogens is 5. The van der Waals surface area contributed by atoms with Crippen molar-refractivity contribution in [3.8, 4) is 23.0 Å². The van der Waals surface area contributed by atoms with Crippen LogP contribution in [-0.2, 0) is 11.2 Å². The summed E-state index contributed by atoms with van der Waals surface area (Å²) in [4.78, 5) is 12.7.